The molecule has 1 N–H and O–H groups in total. The third kappa shape index (κ3) is 4.26. The van der Waals surface area contributed by atoms with Crippen molar-refractivity contribution in [1.29, 1.82) is 0 Å². The van der Waals surface area contributed by atoms with Gasteiger partial charge in [0, 0.05) is 11.6 Å². The molecule has 0 radical (unpaired) electrons. The number of likely N-dealkylation sites (N-methyl/N-ethyl adjacent to an activating group) is 2. The fourth-order valence-corrected chi connectivity index (χ4v) is 2.22. The molecule has 0 aromatic rings. The second-order valence-corrected chi connectivity index (χ2v) is 4.93. The van der Waals surface area contributed by atoms with Gasteiger partial charge in [-0.25, -0.2) is 0 Å². The molecule has 0 saturated carbocycles. The molecule has 0 aliphatic heterocycles. The molecular formula is C14H30N2. The van der Waals surface area contributed by atoms with E-state index in [-0.39, 0.29) is 5.54 Å². The zero-order chi connectivity index (χ0) is 12.6. The molecule has 0 aliphatic rings. The minimum absolute atomic E-state index is 0.247. The number of hydrogen-bond donors (Lipinski definition) is 1. The van der Waals surface area contributed by atoms with Crippen molar-refractivity contribution < 1.29 is 0 Å². The van der Waals surface area contributed by atoms with Gasteiger partial charge in [0.1, 0.15) is 0 Å². The van der Waals surface area contributed by atoms with E-state index in [1.807, 2.05) is 6.08 Å². The van der Waals surface area contributed by atoms with Crippen molar-refractivity contribution in [2.24, 2.45) is 0 Å². The second kappa shape index (κ2) is 7.86. The van der Waals surface area contributed by atoms with Crippen LogP contribution < -0.4 is 5.32 Å². The quantitative estimate of drug-likeness (QED) is 0.480. The average Bonchev–Trinajstić information content (AvgIpc) is 2.27. The van der Waals surface area contributed by atoms with Crippen LogP contribution in [0.15, 0.2) is 12.7 Å². The monoisotopic (exact) mass is 226 g/mol. The third-order valence-corrected chi connectivity index (χ3v) is 3.84. The van der Waals surface area contributed by atoms with Gasteiger partial charge in [0.15, 0.2) is 0 Å². The molecule has 0 saturated heterocycles. The van der Waals surface area contributed by atoms with Gasteiger partial charge in [-0.3, -0.25) is 0 Å². The third-order valence-electron chi connectivity index (χ3n) is 3.84. The first kappa shape index (κ1) is 15.7. The van der Waals surface area contributed by atoms with Gasteiger partial charge in [-0.05, 0) is 53.2 Å². The number of nitrogens with one attached hydrogen (secondary N) is 1. The summed E-state index contributed by atoms with van der Waals surface area (Å²) in [5.74, 6) is 0. The fourth-order valence-electron chi connectivity index (χ4n) is 2.22. The molecule has 2 nitrogen and oxygen atoms in total. The summed E-state index contributed by atoms with van der Waals surface area (Å²) in [7, 11) is 4.36. The molecule has 0 rings (SSSR count). The van der Waals surface area contributed by atoms with Gasteiger partial charge >= 0.3 is 0 Å². The van der Waals surface area contributed by atoms with E-state index < -0.39 is 0 Å². The van der Waals surface area contributed by atoms with Gasteiger partial charge in [-0.2, -0.15) is 0 Å². The summed E-state index contributed by atoms with van der Waals surface area (Å²) in [4.78, 5) is 2.36. The molecule has 0 bridgehead atoms. The van der Waals surface area contributed by atoms with E-state index in [4.69, 9.17) is 0 Å². The Morgan fingerprint density at radius 2 is 2.00 bits per heavy atom. The highest BCUT2D eigenvalue weighted by Gasteiger charge is 2.33. The summed E-state index contributed by atoms with van der Waals surface area (Å²) in [6.45, 7) is 11.7. The van der Waals surface area contributed by atoms with Crippen LogP contribution in [0.2, 0.25) is 0 Å². The highest BCUT2D eigenvalue weighted by molar-refractivity contribution is 4.94. The lowest BCUT2D eigenvalue weighted by Gasteiger charge is -2.43. The maximum atomic E-state index is 3.79. The van der Waals surface area contributed by atoms with E-state index in [2.05, 4.69) is 51.7 Å². The van der Waals surface area contributed by atoms with E-state index >= 15 is 0 Å². The van der Waals surface area contributed by atoms with Gasteiger partial charge < -0.3 is 10.2 Å². The highest BCUT2D eigenvalue weighted by atomic mass is 15.2. The lowest BCUT2D eigenvalue weighted by Crippen LogP contribution is -2.56. The van der Waals surface area contributed by atoms with Crippen molar-refractivity contribution >= 4 is 0 Å². The molecule has 0 aromatic heterocycles. The molecule has 0 amide bonds. The molecule has 0 aromatic carbocycles. The van der Waals surface area contributed by atoms with Crippen molar-refractivity contribution in [2.75, 3.05) is 20.6 Å². The first-order valence-corrected chi connectivity index (χ1v) is 6.54. The Morgan fingerprint density at radius 3 is 2.38 bits per heavy atom. The van der Waals surface area contributed by atoms with Crippen molar-refractivity contribution in [3.05, 3.63) is 12.7 Å². The van der Waals surface area contributed by atoms with Crippen LogP contribution in [-0.2, 0) is 0 Å². The van der Waals surface area contributed by atoms with Gasteiger partial charge in [0.05, 0.1) is 0 Å². The molecule has 2 unspecified atom stereocenters. The molecule has 0 fully saturated rings. The van der Waals surface area contributed by atoms with Gasteiger partial charge in [-0.15, -0.1) is 6.58 Å². The van der Waals surface area contributed by atoms with E-state index in [1.54, 1.807) is 0 Å². The molecular weight excluding hydrogens is 196 g/mol. The smallest absolute Gasteiger partial charge is 0.0325 e. The van der Waals surface area contributed by atoms with Crippen LogP contribution in [0.4, 0.5) is 0 Å². The maximum Gasteiger partial charge on any atom is 0.0325 e. The van der Waals surface area contributed by atoms with Gasteiger partial charge in [0.25, 0.3) is 0 Å². The highest BCUT2D eigenvalue weighted by Crippen LogP contribution is 2.24. The number of allylic oxidation sites excluding steroid dienone is 1. The predicted molar refractivity (Wildman–Crippen MR) is 73.9 cm³/mol. The van der Waals surface area contributed by atoms with Crippen LogP contribution in [0.25, 0.3) is 0 Å². The lowest BCUT2D eigenvalue weighted by molar-refractivity contribution is 0.108. The average molecular weight is 226 g/mol. The Morgan fingerprint density at radius 1 is 1.38 bits per heavy atom. The fraction of sp³-hybridized carbons (Fsp3) is 0.857. The van der Waals surface area contributed by atoms with Crippen LogP contribution in [0.3, 0.4) is 0 Å². The zero-order valence-electron chi connectivity index (χ0n) is 11.8. The molecule has 0 heterocycles. The Balaban J connectivity index is 4.51. The second-order valence-electron chi connectivity index (χ2n) is 4.93. The van der Waals surface area contributed by atoms with Gasteiger partial charge in [0.2, 0.25) is 0 Å². The van der Waals surface area contributed by atoms with Crippen LogP contribution in [-0.4, -0.2) is 37.1 Å². The maximum absolute atomic E-state index is 3.79. The minimum atomic E-state index is 0.247. The van der Waals surface area contributed by atoms with E-state index in [0.717, 1.165) is 13.0 Å². The summed E-state index contributed by atoms with van der Waals surface area (Å²) in [5.41, 5.74) is 0.247. The molecule has 16 heavy (non-hydrogen) atoms. The van der Waals surface area contributed by atoms with Crippen LogP contribution in [0.1, 0.15) is 46.5 Å². The van der Waals surface area contributed by atoms with E-state index in [1.165, 1.54) is 19.3 Å². The SMILES string of the molecule is C=CCCCC(NCC)C(C)(CC)N(C)C. The number of nitrogens with zero attached hydrogens (tertiary/aromatic N) is 1. The zero-order valence-corrected chi connectivity index (χ0v) is 11.8. The van der Waals surface area contributed by atoms with Crippen LogP contribution in [0, 0.1) is 0 Å². The van der Waals surface area contributed by atoms with Crippen LogP contribution >= 0.6 is 0 Å². The normalized spacial score (nSPS) is 17.1. The summed E-state index contributed by atoms with van der Waals surface area (Å²) in [6.07, 6.45) is 6.76. The van der Waals surface area contributed by atoms with Gasteiger partial charge in [-0.1, -0.05) is 19.9 Å². The Hall–Kier alpha value is -0.340. The molecule has 2 heteroatoms. The summed E-state index contributed by atoms with van der Waals surface area (Å²) in [5, 5.41) is 3.64. The molecule has 96 valence electrons. The number of unbranched alkanes of at least 4 members (excludes halogenated alkanes) is 1. The van der Waals surface area contributed by atoms with E-state index in [9.17, 15) is 0 Å². The molecule has 0 aliphatic carbocycles. The predicted octanol–water partition coefficient (Wildman–Crippen LogP) is 3.05. The number of hydrogen-bond acceptors (Lipinski definition) is 2. The topological polar surface area (TPSA) is 15.3 Å². The first-order chi connectivity index (χ1) is 7.52. The lowest BCUT2D eigenvalue weighted by atomic mass is 9.84. The van der Waals surface area contributed by atoms with Crippen LogP contribution in [0.5, 0.6) is 0 Å². The standard InChI is InChI=1S/C14H30N2/c1-7-10-11-12-13(15-9-3)14(4,8-2)16(5)6/h7,13,15H,1,8-12H2,2-6H3. The van der Waals surface area contributed by atoms with Crippen molar-refractivity contribution in [3.63, 3.8) is 0 Å². The Kier molecular flexibility index (Phi) is 7.69. The minimum Gasteiger partial charge on any atom is -0.312 e. The van der Waals surface area contributed by atoms with Crippen molar-refractivity contribution in [3.8, 4) is 0 Å². The van der Waals surface area contributed by atoms with Crippen molar-refractivity contribution in [1.82, 2.24) is 10.2 Å². The summed E-state index contributed by atoms with van der Waals surface area (Å²) >= 11 is 0. The van der Waals surface area contributed by atoms with Crippen molar-refractivity contribution in [2.45, 2.75) is 58.0 Å². The Labute approximate surface area is 102 Å². The van der Waals surface area contributed by atoms with E-state index in [0.29, 0.717) is 6.04 Å². The largest absolute Gasteiger partial charge is 0.312 e. The summed E-state index contributed by atoms with van der Waals surface area (Å²) in [6, 6.07) is 0.567. The Bertz CT molecular complexity index is 189. The molecule has 2 atom stereocenters. The first-order valence-electron chi connectivity index (χ1n) is 6.54. The molecule has 0 spiro atoms. The summed E-state index contributed by atoms with van der Waals surface area (Å²) < 4.78 is 0. The number of rotatable bonds is 9.